The Balaban J connectivity index is 1.90. The Kier molecular flexibility index (Phi) is 3.33. The summed E-state index contributed by atoms with van der Waals surface area (Å²) in [5.41, 5.74) is 2.51. The first-order valence-corrected chi connectivity index (χ1v) is 7.35. The number of ether oxygens (including phenoxy) is 1. The molecule has 0 amide bonds. The van der Waals surface area contributed by atoms with Crippen molar-refractivity contribution in [2.75, 3.05) is 6.61 Å². The minimum absolute atomic E-state index is 0.360. The summed E-state index contributed by atoms with van der Waals surface area (Å²) in [5.74, 6) is 0.0500. The Hall–Kier alpha value is -1.69. The van der Waals surface area contributed by atoms with Crippen LogP contribution >= 0.6 is 11.3 Å². The lowest BCUT2D eigenvalue weighted by atomic mass is 10.2. The minimum atomic E-state index is -0.360. The number of esters is 1. The van der Waals surface area contributed by atoms with E-state index in [4.69, 9.17) is 4.74 Å². The first-order valence-electron chi connectivity index (χ1n) is 6.41. The third-order valence-corrected chi connectivity index (χ3v) is 3.85. The van der Waals surface area contributed by atoms with Crippen molar-refractivity contribution in [2.24, 2.45) is 0 Å². The highest BCUT2D eigenvalue weighted by atomic mass is 32.1. The van der Waals surface area contributed by atoms with Gasteiger partial charge in [-0.1, -0.05) is 5.21 Å². The highest BCUT2D eigenvalue weighted by Gasteiger charge is 2.34. The molecule has 0 N–H and O–H groups in total. The molecule has 1 fully saturated rings. The smallest absolute Gasteiger partial charge is 0.360 e. The van der Waals surface area contributed by atoms with Crippen LogP contribution in [0.1, 0.15) is 47.4 Å². The maximum absolute atomic E-state index is 11.9. The van der Waals surface area contributed by atoms with E-state index in [1.54, 1.807) is 18.3 Å². The largest absolute Gasteiger partial charge is 0.461 e. The number of rotatable bonds is 5. The summed E-state index contributed by atoms with van der Waals surface area (Å²) >= 11 is 1.66. The molecule has 3 rings (SSSR count). The number of carbonyl (C=O) groups excluding carboxylic acids is 1. The summed E-state index contributed by atoms with van der Waals surface area (Å²) in [6, 6.07) is 2.06. The van der Waals surface area contributed by atoms with Crippen LogP contribution in [0.3, 0.4) is 0 Å². The Morgan fingerprint density at radius 2 is 2.42 bits per heavy atom. The van der Waals surface area contributed by atoms with Gasteiger partial charge in [0.05, 0.1) is 18.8 Å². The predicted molar refractivity (Wildman–Crippen MR) is 71.4 cm³/mol. The van der Waals surface area contributed by atoms with Crippen molar-refractivity contribution in [3.05, 3.63) is 33.8 Å². The van der Waals surface area contributed by atoms with Crippen molar-refractivity contribution in [3.63, 3.8) is 0 Å². The molecule has 1 saturated carbocycles. The van der Waals surface area contributed by atoms with E-state index in [2.05, 4.69) is 21.8 Å². The zero-order valence-corrected chi connectivity index (χ0v) is 11.5. The molecular weight excluding hydrogens is 262 g/mol. The van der Waals surface area contributed by atoms with E-state index in [1.807, 2.05) is 10.1 Å². The fourth-order valence-corrected chi connectivity index (χ4v) is 2.76. The number of thiophene rings is 1. The van der Waals surface area contributed by atoms with Crippen LogP contribution in [0.25, 0.3) is 0 Å². The Bertz CT molecular complexity index is 573. The summed E-state index contributed by atoms with van der Waals surface area (Å²) in [4.78, 5) is 11.9. The summed E-state index contributed by atoms with van der Waals surface area (Å²) < 4.78 is 6.88. The number of aromatic nitrogens is 3. The van der Waals surface area contributed by atoms with Gasteiger partial charge in [0.2, 0.25) is 0 Å². The van der Waals surface area contributed by atoms with Gasteiger partial charge in [-0.3, -0.25) is 0 Å². The highest BCUT2D eigenvalue weighted by molar-refractivity contribution is 7.07. The number of nitrogens with zero attached hydrogens (tertiary/aromatic N) is 3. The third-order valence-electron chi connectivity index (χ3n) is 3.12. The average molecular weight is 277 g/mol. The molecule has 0 unspecified atom stereocenters. The minimum Gasteiger partial charge on any atom is -0.461 e. The topological polar surface area (TPSA) is 57.0 Å². The first-order chi connectivity index (χ1) is 9.29. The lowest BCUT2D eigenvalue weighted by molar-refractivity contribution is 0.0518. The van der Waals surface area contributed by atoms with Crippen LogP contribution < -0.4 is 0 Å². The second-order valence-corrected chi connectivity index (χ2v) is 5.39. The van der Waals surface area contributed by atoms with Crippen LogP contribution in [-0.2, 0) is 11.3 Å². The van der Waals surface area contributed by atoms with Crippen molar-refractivity contribution in [1.82, 2.24) is 15.0 Å². The van der Waals surface area contributed by atoms with Crippen molar-refractivity contribution >= 4 is 17.3 Å². The zero-order valence-electron chi connectivity index (χ0n) is 10.7. The van der Waals surface area contributed by atoms with Gasteiger partial charge in [0.1, 0.15) is 0 Å². The van der Waals surface area contributed by atoms with E-state index in [9.17, 15) is 4.79 Å². The summed E-state index contributed by atoms with van der Waals surface area (Å²) in [7, 11) is 0. The Morgan fingerprint density at radius 1 is 1.58 bits per heavy atom. The second kappa shape index (κ2) is 5.13. The molecule has 0 spiro atoms. The number of hydrogen-bond donors (Lipinski definition) is 0. The van der Waals surface area contributed by atoms with Crippen LogP contribution in [0.15, 0.2) is 16.8 Å². The van der Waals surface area contributed by atoms with E-state index in [1.165, 1.54) is 5.56 Å². The number of hydrogen-bond acceptors (Lipinski definition) is 5. The van der Waals surface area contributed by atoms with Gasteiger partial charge >= 0.3 is 5.97 Å². The molecular formula is C13H15N3O2S. The van der Waals surface area contributed by atoms with E-state index < -0.39 is 0 Å². The monoisotopic (exact) mass is 277 g/mol. The molecule has 5 nitrogen and oxygen atoms in total. The molecule has 0 atom stereocenters. The molecule has 6 heteroatoms. The summed E-state index contributed by atoms with van der Waals surface area (Å²) in [5, 5.41) is 12.3. The zero-order chi connectivity index (χ0) is 13.2. The van der Waals surface area contributed by atoms with Gasteiger partial charge in [0.15, 0.2) is 5.69 Å². The molecule has 100 valence electrons. The van der Waals surface area contributed by atoms with E-state index >= 15 is 0 Å². The normalized spacial score (nSPS) is 14.6. The fourth-order valence-electron chi connectivity index (χ4n) is 2.10. The predicted octanol–water partition coefficient (Wildman–Crippen LogP) is 2.44. The average Bonchev–Trinajstić information content (AvgIpc) is 2.95. The van der Waals surface area contributed by atoms with Gasteiger partial charge in [0.25, 0.3) is 0 Å². The lowest BCUT2D eigenvalue weighted by Gasteiger charge is -2.05. The highest BCUT2D eigenvalue weighted by Crippen LogP contribution is 2.41. The van der Waals surface area contributed by atoms with Gasteiger partial charge in [0, 0.05) is 5.92 Å². The van der Waals surface area contributed by atoms with Gasteiger partial charge in [-0.05, 0) is 42.2 Å². The summed E-state index contributed by atoms with van der Waals surface area (Å²) in [6.45, 7) is 2.83. The van der Waals surface area contributed by atoms with E-state index in [-0.39, 0.29) is 5.97 Å². The van der Waals surface area contributed by atoms with Crippen LogP contribution in [0.4, 0.5) is 0 Å². The van der Waals surface area contributed by atoms with Crippen LogP contribution in [0.5, 0.6) is 0 Å². The molecule has 19 heavy (non-hydrogen) atoms. The molecule has 2 aromatic rings. The molecule has 0 saturated heterocycles. The maximum Gasteiger partial charge on any atom is 0.360 e. The third kappa shape index (κ3) is 2.53. The molecule has 0 aromatic carbocycles. The first kappa shape index (κ1) is 12.3. The van der Waals surface area contributed by atoms with E-state index in [0.29, 0.717) is 24.8 Å². The molecule has 0 radical (unpaired) electrons. The molecule has 0 aliphatic heterocycles. The van der Waals surface area contributed by atoms with Gasteiger partial charge in [-0.2, -0.15) is 11.3 Å². The quantitative estimate of drug-likeness (QED) is 0.788. The van der Waals surface area contributed by atoms with Gasteiger partial charge in [-0.15, -0.1) is 5.10 Å². The SMILES string of the molecule is CCOC(=O)c1nnn(Cc2ccsc2)c1C1CC1. The second-order valence-electron chi connectivity index (χ2n) is 4.61. The molecule has 0 bridgehead atoms. The molecule has 2 heterocycles. The lowest BCUT2D eigenvalue weighted by Crippen LogP contribution is -2.10. The molecule has 1 aliphatic rings. The standard InChI is InChI=1S/C13H15N3O2S/c1-2-18-13(17)11-12(10-3-4-10)16(15-14-11)7-9-5-6-19-8-9/h5-6,8,10H,2-4,7H2,1H3. The van der Waals surface area contributed by atoms with Crippen molar-refractivity contribution in [2.45, 2.75) is 32.2 Å². The Labute approximate surface area is 115 Å². The Morgan fingerprint density at radius 3 is 3.05 bits per heavy atom. The number of carbonyl (C=O) groups is 1. The van der Waals surface area contributed by atoms with Gasteiger partial charge in [-0.25, -0.2) is 9.48 Å². The van der Waals surface area contributed by atoms with Crippen LogP contribution in [0, 0.1) is 0 Å². The van der Waals surface area contributed by atoms with E-state index in [0.717, 1.165) is 18.5 Å². The van der Waals surface area contributed by atoms with Crippen LogP contribution in [-0.4, -0.2) is 27.6 Å². The van der Waals surface area contributed by atoms with Crippen molar-refractivity contribution in [1.29, 1.82) is 0 Å². The molecule has 2 aromatic heterocycles. The van der Waals surface area contributed by atoms with Gasteiger partial charge < -0.3 is 4.74 Å². The summed E-state index contributed by atoms with van der Waals surface area (Å²) in [6.07, 6.45) is 2.20. The maximum atomic E-state index is 11.9. The van der Waals surface area contributed by atoms with Crippen LogP contribution in [0.2, 0.25) is 0 Å². The van der Waals surface area contributed by atoms with Crippen molar-refractivity contribution < 1.29 is 9.53 Å². The fraction of sp³-hybridized carbons (Fsp3) is 0.462. The van der Waals surface area contributed by atoms with Crippen molar-refractivity contribution in [3.8, 4) is 0 Å². The molecule has 1 aliphatic carbocycles.